The van der Waals surface area contributed by atoms with Crippen LogP contribution in [0.4, 0.5) is 17.3 Å². The van der Waals surface area contributed by atoms with Gasteiger partial charge in [-0.25, -0.2) is 4.98 Å². The molecule has 0 fully saturated rings. The first-order valence-electron chi connectivity index (χ1n) is 6.15. The van der Waals surface area contributed by atoms with Crippen molar-refractivity contribution in [3.8, 4) is 11.5 Å². The molecule has 0 bridgehead atoms. The van der Waals surface area contributed by atoms with Gasteiger partial charge in [-0.3, -0.25) is 0 Å². The Kier molecular flexibility index (Phi) is 4.78. The Labute approximate surface area is 128 Å². The van der Waals surface area contributed by atoms with Crippen molar-refractivity contribution < 1.29 is 9.47 Å². The Morgan fingerprint density at radius 1 is 1.10 bits per heavy atom. The number of thiocarbonyl (C=S) groups is 1. The monoisotopic (exact) mass is 304 g/mol. The predicted octanol–water partition coefficient (Wildman–Crippen LogP) is 2.49. The first kappa shape index (κ1) is 14.9. The number of hydrogen-bond acceptors (Lipinski definition) is 5. The summed E-state index contributed by atoms with van der Waals surface area (Å²) in [5.41, 5.74) is 6.38. The summed E-state index contributed by atoms with van der Waals surface area (Å²) in [6.07, 6.45) is 0. The van der Waals surface area contributed by atoms with E-state index < -0.39 is 0 Å². The zero-order chi connectivity index (χ0) is 15.2. The maximum Gasteiger partial charge on any atom is 0.176 e. The second-order valence-electron chi connectivity index (χ2n) is 4.10. The molecule has 0 radical (unpaired) electrons. The van der Waals surface area contributed by atoms with Gasteiger partial charge in [-0.2, -0.15) is 0 Å². The molecule has 2 aromatic rings. The fraction of sp³-hybridized carbons (Fsp3) is 0.143. The van der Waals surface area contributed by atoms with Crippen LogP contribution in [-0.4, -0.2) is 24.3 Å². The standard InChI is InChI=1S/C14H16N4O2S/c1-19-10-7-6-9(8-11(10)20-2)16-14(21)18-13-5-3-4-12(15)17-13/h3-8H,1-2H3,(H4,15,16,17,18,21). The van der Waals surface area contributed by atoms with Gasteiger partial charge in [0.1, 0.15) is 11.6 Å². The van der Waals surface area contributed by atoms with Crippen molar-refractivity contribution in [2.24, 2.45) is 0 Å². The van der Waals surface area contributed by atoms with Crippen molar-refractivity contribution in [1.29, 1.82) is 0 Å². The minimum Gasteiger partial charge on any atom is -0.493 e. The van der Waals surface area contributed by atoms with E-state index in [1.807, 2.05) is 6.07 Å². The highest BCUT2D eigenvalue weighted by Gasteiger charge is 2.06. The molecular weight excluding hydrogens is 288 g/mol. The van der Waals surface area contributed by atoms with Crippen molar-refractivity contribution in [1.82, 2.24) is 4.98 Å². The summed E-state index contributed by atoms with van der Waals surface area (Å²) in [5.74, 6) is 2.27. The highest BCUT2D eigenvalue weighted by atomic mass is 32.1. The number of nitrogens with two attached hydrogens (primary N) is 1. The zero-order valence-electron chi connectivity index (χ0n) is 11.7. The average molecular weight is 304 g/mol. The number of anilines is 3. The number of hydrogen-bond donors (Lipinski definition) is 3. The van der Waals surface area contributed by atoms with Gasteiger partial charge in [0.15, 0.2) is 16.6 Å². The molecule has 0 unspecified atom stereocenters. The molecule has 7 heteroatoms. The van der Waals surface area contributed by atoms with Gasteiger partial charge in [0.2, 0.25) is 0 Å². The van der Waals surface area contributed by atoms with Crippen molar-refractivity contribution in [3.05, 3.63) is 36.4 Å². The van der Waals surface area contributed by atoms with E-state index in [1.54, 1.807) is 44.6 Å². The summed E-state index contributed by atoms with van der Waals surface area (Å²) < 4.78 is 10.4. The molecule has 110 valence electrons. The summed E-state index contributed by atoms with van der Waals surface area (Å²) in [7, 11) is 3.16. The molecule has 1 aromatic carbocycles. The third-order valence-electron chi connectivity index (χ3n) is 2.65. The minimum atomic E-state index is 0.403. The maximum absolute atomic E-state index is 5.61. The van der Waals surface area contributed by atoms with Crippen LogP contribution >= 0.6 is 12.2 Å². The Bertz CT molecular complexity index is 649. The molecule has 1 aromatic heterocycles. The molecule has 0 aliphatic rings. The van der Waals surface area contributed by atoms with Crippen molar-refractivity contribution in [2.75, 3.05) is 30.6 Å². The molecule has 0 saturated carbocycles. The lowest BCUT2D eigenvalue weighted by Gasteiger charge is -2.13. The number of aromatic nitrogens is 1. The Hall–Kier alpha value is -2.54. The molecule has 6 nitrogen and oxygen atoms in total. The summed E-state index contributed by atoms with van der Waals surface area (Å²) >= 11 is 5.23. The Morgan fingerprint density at radius 2 is 1.86 bits per heavy atom. The van der Waals surface area contributed by atoms with E-state index in [2.05, 4.69) is 15.6 Å². The van der Waals surface area contributed by atoms with Crippen molar-refractivity contribution >= 4 is 34.7 Å². The minimum absolute atomic E-state index is 0.403. The van der Waals surface area contributed by atoms with Crippen molar-refractivity contribution in [3.63, 3.8) is 0 Å². The van der Waals surface area contributed by atoms with Gasteiger partial charge < -0.3 is 25.8 Å². The number of nitrogens with one attached hydrogen (secondary N) is 2. The first-order valence-corrected chi connectivity index (χ1v) is 6.56. The number of nitrogen functional groups attached to an aromatic ring is 1. The molecule has 0 spiro atoms. The number of methoxy groups -OCH3 is 2. The van der Waals surface area contributed by atoms with E-state index >= 15 is 0 Å². The fourth-order valence-corrected chi connectivity index (χ4v) is 1.94. The van der Waals surface area contributed by atoms with Gasteiger partial charge in [-0.1, -0.05) is 6.07 Å². The molecule has 0 aliphatic heterocycles. The molecule has 0 amide bonds. The third-order valence-corrected chi connectivity index (χ3v) is 2.86. The van der Waals surface area contributed by atoms with E-state index in [9.17, 15) is 0 Å². The van der Waals surface area contributed by atoms with E-state index in [4.69, 9.17) is 27.4 Å². The van der Waals surface area contributed by atoms with Crippen LogP contribution in [0.25, 0.3) is 0 Å². The lowest BCUT2D eigenvalue weighted by Crippen LogP contribution is -2.19. The molecule has 2 rings (SSSR count). The topological polar surface area (TPSA) is 81.4 Å². The van der Waals surface area contributed by atoms with Crippen LogP contribution in [0.1, 0.15) is 0 Å². The smallest absolute Gasteiger partial charge is 0.176 e. The average Bonchev–Trinajstić information content (AvgIpc) is 2.47. The lowest BCUT2D eigenvalue weighted by atomic mass is 10.3. The van der Waals surface area contributed by atoms with Crippen LogP contribution in [0.3, 0.4) is 0 Å². The zero-order valence-corrected chi connectivity index (χ0v) is 12.5. The fourth-order valence-electron chi connectivity index (χ4n) is 1.71. The molecular formula is C14H16N4O2S. The Morgan fingerprint density at radius 3 is 2.52 bits per heavy atom. The van der Waals surface area contributed by atoms with Crippen LogP contribution in [0.5, 0.6) is 11.5 Å². The highest BCUT2D eigenvalue weighted by Crippen LogP contribution is 2.29. The molecule has 4 N–H and O–H groups in total. The lowest BCUT2D eigenvalue weighted by molar-refractivity contribution is 0.355. The number of rotatable bonds is 4. The van der Waals surface area contributed by atoms with Gasteiger partial charge in [0, 0.05) is 11.8 Å². The van der Waals surface area contributed by atoms with Crippen LogP contribution in [0, 0.1) is 0 Å². The van der Waals surface area contributed by atoms with E-state index in [0.717, 1.165) is 5.69 Å². The molecule has 21 heavy (non-hydrogen) atoms. The number of benzene rings is 1. The van der Waals surface area contributed by atoms with E-state index in [-0.39, 0.29) is 0 Å². The van der Waals surface area contributed by atoms with Crippen LogP contribution < -0.4 is 25.8 Å². The number of pyridine rings is 1. The summed E-state index contributed by atoms with van der Waals surface area (Å²) in [6.45, 7) is 0. The summed E-state index contributed by atoms with van der Waals surface area (Å²) in [5, 5.41) is 6.40. The molecule has 0 saturated heterocycles. The Balaban J connectivity index is 2.06. The van der Waals surface area contributed by atoms with Gasteiger partial charge in [-0.05, 0) is 36.5 Å². The summed E-state index contributed by atoms with van der Waals surface area (Å²) in [6, 6.07) is 10.7. The quantitative estimate of drug-likeness (QED) is 0.749. The first-order chi connectivity index (χ1) is 10.1. The molecule has 0 atom stereocenters. The normalized spacial score (nSPS) is 9.81. The van der Waals surface area contributed by atoms with E-state index in [0.29, 0.717) is 28.2 Å². The largest absolute Gasteiger partial charge is 0.493 e. The van der Waals surface area contributed by atoms with Gasteiger partial charge in [0.05, 0.1) is 14.2 Å². The molecule has 0 aliphatic carbocycles. The van der Waals surface area contributed by atoms with Crippen LogP contribution in [0.15, 0.2) is 36.4 Å². The van der Waals surface area contributed by atoms with Gasteiger partial charge in [-0.15, -0.1) is 0 Å². The summed E-state index contributed by atoms with van der Waals surface area (Å²) in [4.78, 5) is 4.11. The number of ether oxygens (including phenoxy) is 2. The van der Waals surface area contributed by atoms with E-state index in [1.165, 1.54) is 0 Å². The second-order valence-corrected chi connectivity index (χ2v) is 4.50. The van der Waals surface area contributed by atoms with Gasteiger partial charge in [0.25, 0.3) is 0 Å². The van der Waals surface area contributed by atoms with Crippen molar-refractivity contribution in [2.45, 2.75) is 0 Å². The highest BCUT2D eigenvalue weighted by molar-refractivity contribution is 7.80. The third kappa shape index (κ3) is 3.96. The maximum atomic E-state index is 5.61. The molecule has 1 heterocycles. The van der Waals surface area contributed by atoms with Gasteiger partial charge >= 0.3 is 0 Å². The van der Waals surface area contributed by atoms with Crippen LogP contribution in [0.2, 0.25) is 0 Å². The second kappa shape index (κ2) is 6.76. The predicted molar refractivity (Wildman–Crippen MR) is 88.0 cm³/mol. The van der Waals surface area contributed by atoms with Crippen LogP contribution in [-0.2, 0) is 0 Å². The number of nitrogens with zero attached hydrogens (tertiary/aromatic N) is 1. The SMILES string of the molecule is COc1ccc(NC(=S)Nc2cccc(N)n2)cc1OC.